The third-order valence-electron chi connectivity index (χ3n) is 3.58. The molecule has 0 fully saturated rings. The summed E-state index contributed by atoms with van der Waals surface area (Å²) in [5.41, 5.74) is 0.685. The number of aliphatic hydroxyl groups excluding tert-OH is 1. The molecular weight excluding hydrogens is 296 g/mol. The summed E-state index contributed by atoms with van der Waals surface area (Å²) in [6.45, 7) is 1.80. The maximum Gasteiger partial charge on any atom is 0.161 e. The monoisotopic (exact) mass is 318 g/mol. The Hall–Kier alpha value is -2.40. The molecular formula is C18H22O5. The number of rotatable bonds is 7. The van der Waals surface area contributed by atoms with Crippen LogP contribution in [0.15, 0.2) is 42.5 Å². The van der Waals surface area contributed by atoms with Crippen LogP contribution in [-0.4, -0.2) is 32.5 Å². The number of aliphatic hydroxyl groups is 1. The molecule has 0 bridgehead atoms. The summed E-state index contributed by atoms with van der Waals surface area (Å²) < 4.78 is 21.6. The second kappa shape index (κ2) is 7.74. The highest BCUT2D eigenvalue weighted by molar-refractivity contribution is 5.44. The number of para-hydroxylation sites is 2. The Kier molecular flexibility index (Phi) is 5.71. The number of hydrogen-bond acceptors (Lipinski definition) is 5. The predicted octanol–water partition coefficient (Wildman–Crippen LogP) is 3.21. The van der Waals surface area contributed by atoms with Crippen molar-refractivity contribution in [1.29, 1.82) is 0 Å². The van der Waals surface area contributed by atoms with E-state index in [0.29, 0.717) is 28.6 Å². The summed E-state index contributed by atoms with van der Waals surface area (Å²) in [6.07, 6.45) is -1.29. The normalized spacial score (nSPS) is 13.1. The van der Waals surface area contributed by atoms with Gasteiger partial charge in [-0.05, 0) is 36.8 Å². The first-order valence-electron chi connectivity index (χ1n) is 7.30. The Bertz CT molecular complexity index is 641. The fraction of sp³-hybridized carbons (Fsp3) is 0.333. The van der Waals surface area contributed by atoms with Gasteiger partial charge in [0.05, 0.1) is 21.3 Å². The Morgan fingerprint density at radius 3 is 1.96 bits per heavy atom. The minimum Gasteiger partial charge on any atom is -0.493 e. The van der Waals surface area contributed by atoms with Gasteiger partial charge in [-0.15, -0.1) is 0 Å². The van der Waals surface area contributed by atoms with Crippen molar-refractivity contribution in [1.82, 2.24) is 0 Å². The first-order valence-corrected chi connectivity index (χ1v) is 7.30. The number of hydrogen-bond donors (Lipinski definition) is 1. The second-order valence-corrected chi connectivity index (χ2v) is 5.03. The standard InChI is InChI=1S/C18H22O5/c1-12(23-16-8-6-5-7-14(16)20-2)18(19)13-9-10-15(21-3)17(11-13)22-4/h5-12,18-19H,1-4H3/t12-,18-/m0/s1. The van der Waals surface area contributed by atoms with Crippen LogP contribution in [0.3, 0.4) is 0 Å². The lowest BCUT2D eigenvalue weighted by Crippen LogP contribution is -2.22. The van der Waals surface area contributed by atoms with Crippen molar-refractivity contribution in [3.8, 4) is 23.0 Å². The summed E-state index contributed by atoms with van der Waals surface area (Å²) in [4.78, 5) is 0. The molecule has 0 spiro atoms. The zero-order valence-electron chi connectivity index (χ0n) is 13.8. The molecule has 1 N–H and O–H groups in total. The third-order valence-corrected chi connectivity index (χ3v) is 3.58. The van der Waals surface area contributed by atoms with Gasteiger partial charge in [-0.1, -0.05) is 18.2 Å². The summed E-state index contributed by atoms with van der Waals surface area (Å²) in [5, 5.41) is 10.5. The van der Waals surface area contributed by atoms with Crippen molar-refractivity contribution in [2.45, 2.75) is 19.1 Å². The van der Waals surface area contributed by atoms with Crippen molar-refractivity contribution in [2.75, 3.05) is 21.3 Å². The molecule has 0 aliphatic carbocycles. The van der Waals surface area contributed by atoms with Crippen LogP contribution in [-0.2, 0) is 0 Å². The fourth-order valence-electron chi connectivity index (χ4n) is 2.29. The molecule has 0 amide bonds. The van der Waals surface area contributed by atoms with Gasteiger partial charge in [0.25, 0.3) is 0 Å². The van der Waals surface area contributed by atoms with Gasteiger partial charge in [-0.2, -0.15) is 0 Å². The summed E-state index contributed by atoms with van der Waals surface area (Å²) in [6, 6.07) is 12.6. The number of ether oxygens (including phenoxy) is 4. The van der Waals surface area contributed by atoms with E-state index in [0.717, 1.165) is 0 Å². The third kappa shape index (κ3) is 3.87. The first-order chi connectivity index (χ1) is 11.1. The molecule has 2 rings (SSSR count). The van der Waals surface area contributed by atoms with Crippen LogP contribution in [0.4, 0.5) is 0 Å². The molecule has 0 radical (unpaired) electrons. The maximum absolute atomic E-state index is 10.5. The van der Waals surface area contributed by atoms with E-state index in [-0.39, 0.29) is 0 Å². The molecule has 124 valence electrons. The second-order valence-electron chi connectivity index (χ2n) is 5.03. The van der Waals surface area contributed by atoms with Gasteiger partial charge < -0.3 is 24.1 Å². The van der Waals surface area contributed by atoms with Crippen LogP contribution >= 0.6 is 0 Å². The summed E-state index contributed by atoms with van der Waals surface area (Å²) >= 11 is 0. The molecule has 0 saturated heterocycles. The van der Waals surface area contributed by atoms with E-state index in [1.54, 1.807) is 52.5 Å². The molecule has 5 nitrogen and oxygen atoms in total. The number of benzene rings is 2. The Morgan fingerprint density at radius 1 is 0.783 bits per heavy atom. The van der Waals surface area contributed by atoms with Crippen LogP contribution in [0.5, 0.6) is 23.0 Å². The van der Waals surface area contributed by atoms with Gasteiger partial charge in [0.2, 0.25) is 0 Å². The molecule has 2 aromatic rings. The van der Waals surface area contributed by atoms with E-state index in [2.05, 4.69) is 0 Å². The van der Waals surface area contributed by atoms with E-state index in [1.807, 2.05) is 18.2 Å². The van der Waals surface area contributed by atoms with Gasteiger partial charge in [0.15, 0.2) is 23.0 Å². The van der Waals surface area contributed by atoms with Crippen molar-refractivity contribution in [3.63, 3.8) is 0 Å². The smallest absolute Gasteiger partial charge is 0.161 e. The molecule has 2 atom stereocenters. The molecule has 5 heteroatoms. The SMILES string of the molecule is COc1ccc([C@@H](O)[C@H](C)Oc2ccccc2OC)cc1OC. The predicted molar refractivity (Wildman–Crippen MR) is 87.6 cm³/mol. The maximum atomic E-state index is 10.5. The lowest BCUT2D eigenvalue weighted by atomic mass is 10.0. The molecule has 0 aliphatic heterocycles. The van der Waals surface area contributed by atoms with Crippen LogP contribution in [0, 0.1) is 0 Å². The Balaban J connectivity index is 2.17. The van der Waals surface area contributed by atoms with Gasteiger partial charge in [0.1, 0.15) is 12.2 Å². The quantitative estimate of drug-likeness (QED) is 0.849. The molecule has 23 heavy (non-hydrogen) atoms. The molecule has 0 aromatic heterocycles. The van der Waals surface area contributed by atoms with Crippen LogP contribution in [0.25, 0.3) is 0 Å². The average molecular weight is 318 g/mol. The van der Waals surface area contributed by atoms with E-state index >= 15 is 0 Å². The lowest BCUT2D eigenvalue weighted by molar-refractivity contribution is 0.0450. The molecule has 0 saturated carbocycles. The van der Waals surface area contributed by atoms with E-state index in [9.17, 15) is 5.11 Å². The highest BCUT2D eigenvalue weighted by Crippen LogP contribution is 2.33. The molecule has 2 aromatic carbocycles. The van der Waals surface area contributed by atoms with E-state index < -0.39 is 12.2 Å². The Morgan fingerprint density at radius 2 is 1.35 bits per heavy atom. The molecule has 0 unspecified atom stereocenters. The Labute approximate surface area is 136 Å². The van der Waals surface area contributed by atoms with Crippen molar-refractivity contribution in [3.05, 3.63) is 48.0 Å². The topological polar surface area (TPSA) is 57.2 Å². The zero-order chi connectivity index (χ0) is 16.8. The van der Waals surface area contributed by atoms with Crippen molar-refractivity contribution >= 4 is 0 Å². The van der Waals surface area contributed by atoms with E-state index in [1.165, 1.54) is 0 Å². The van der Waals surface area contributed by atoms with Crippen LogP contribution in [0.1, 0.15) is 18.6 Å². The molecule has 0 aliphatic rings. The molecule has 0 heterocycles. The highest BCUT2D eigenvalue weighted by atomic mass is 16.5. The van der Waals surface area contributed by atoms with Gasteiger partial charge in [-0.25, -0.2) is 0 Å². The van der Waals surface area contributed by atoms with Crippen molar-refractivity contribution < 1.29 is 24.1 Å². The average Bonchev–Trinajstić information content (AvgIpc) is 2.60. The van der Waals surface area contributed by atoms with E-state index in [4.69, 9.17) is 18.9 Å². The van der Waals surface area contributed by atoms with Crippen LogP contribution in [0.2, 0.25) is 0 Å². The van der Waals surface area contributed by atoms with Gasteiger partial charge >= 0.3 is 0 Å². The largest absolute Gasteiger partial charge is 0.493 e. The van der Waals surface area contributed by atoms with Crippen molar-refractivity contribution in [2.24, 2.45) is 0 Å². The minimum absolute atomic E-state index is 0.468. The first kappa shape index (κ1) is 17.0. The van der Waals surface area contributed by atoms with Crippen LogP contribution < -0.4 is 18.9 Å². The highest BCUT2D eigenvalue weighted by Gasteiger charge is 2.21. The van der Waals surface area contributed by atoms with Gasteiger partial charge in [0, 0.05) is 0 Å². The zero-order valence-corrected chi connectivity index (χ0v) is 13.8. The van der Waals surface area contributed by atoms with Gasteiger partial charge in [-0.3, -0.25) is 0 Å². The fourth-order valence-corrected chi connectivity index (χ4v) is 2.29. The summed E-state index contributed by atoms with van der Waals surface area (Å²) in [7, 11) is 4.71. The number of methoxy groups -OCH3 is 3. The lowest BCUT2D eigenvalue weighted by Gasteiger charge is -2.22. The summed E-state index contributed by atoms with van der Waals surface area (Å²) in [5.74, 6) is 2.39. The minimum atomic E-state index is -0.820.